The number of aromatic nitrogens is 2. The smallest absolute Gasteiger partial charge is 0.228 e. The van der Waals surface area contributed by atoms with Gasteiger partial charge in [-0.25, -0.2) is 0 Å². The first kappa shape index (κ1) is 15.1. The number of rotatable bonds is 7. The van der Waals surface area contributed by atoms with E-state index in [1.165, 1.54) is 12.8 Å². The Labute approximate surface area is 136 Å². The normalized spacial score (nSPS) is 29.2. The van der Waals surface area contributed by atoms with Crippen molar-refractivity contribution in [2.75, 3.05) is 19.8 Å². The SMILES string of the molecule is O=C(N[C@@H]1COCC[C@@H]1OCC1CC1)C1(Cn2cccn2)CC1. The molecule has 1 aromatic heterocycles. The molecule has 2 heterocycles. The van der Waals surface area contributed by atoms with Crippen LogP contribution in [0.3, 0.4) is 0 Å². The van der Waals surface area contributed by atoms with Crippen LogP contribution in [0, 0.1) is 11.3 Å². The highest BCUT2D eigenvalue weighted by Crippen LogP contribution is 2.47. The molecule has 4 rings (SSSR count). The van der Waals surface area contributed by atoms with Crippen LogP contribution >= 0.6 is 0 Å². The minimum absolute atomic E-state index is 0.0231. The van der Waals surface area contributed by atoms with Gasteiger partial charge in [-0.1, -0.05) is 0 Å². The lowest BCUT2D eigenvalue weighted by atomic mass is 10.0. The minimum Gasteiger partial charge on any atom is -0.379 e. The standard InChI is InChI=1S/C17H25N3O3/c21-16(17(5-6-17)12-20-8-1-7-18-20)19-14-11-22-9-4-15(14)23-10-13-2-3-13/h1,7-8,13-15H,2-6,9-12H2,(H,19,21)/t14-,15+/m1/s1. The summed E-state index contributed by atoms with van der Waals surface area (Å²) in [6.07, 6.45) is 9.06. The Balaban J connectivity index is 1.34. The predicted molar refractivity (Wildman–Crippen MR) is 83.7 cm³/mol. The molecule has 2 atom stereocenters. The third-order valence-electron chi connectivity index (χ3n) is 5.21. The Morgan fingerprint density at radius 3 is 2.96 bits per heavy atom. The van der Waals surface area contributed by atoms with E-state index in [4.69, 9.17) is 9.47 Å². The van der Waals surface area contributed by atoms with Gasteiger partial charge in [-0.05, 0) is 44.1 Å². The molecule has 0 unspecified atom stereocenters. The van der Waals surface area contributed by atoms with Crippen molar-refractivity contribution in [1.29, 1.82) is 0 Å². The van der Waals surface area contributed by atoms with Crippen LogP contribution < -0.4 is 5.32 Å². The fraction of sp³-hybridized carbons (Fsp3) is 0.765. The van der Waals surface area contributed by atoms with E-state index in [0.717, 1.165) is 38.4 Å². The van der Waals surface area contributed by atoms with E-state index in [1.54, 1.807) is 6.20 Å². The third-order valence-corrected chi connectivity index (χ3v) is 5.21. The van der Waals surface area contributed by atoms with Crippen molar-refractivity contribution in [1.82, 2.24) is 15.1 Å². The zero-order valence-electron chi connectivity index (χ0n) is 13.4. The molecule has 126 valence electrons. The average molecular weight is 319 g/mol. The molecule has 0 aromatic carbocycles. The van der Waals surface area contributed by atoms with Crippen molar-refractivity contribution in [2.45, 2.75) is 50.8 Å². The summed E-state index contributed by atoms with van der Waals surface area (Å²) in [6.45, 7) is 2.77. The van der Waals surface area contributed by atoms with Gasteiger partial charge in [-0.3, -0.25) is 9.48 Å². The van der Waals surface area contributed by atoms with Crippen LogP contribution in [0.25, 0.3) is 0 Å². The lowest BCUT2D eigenvalue weighted by Crippen LogP contribution is -2.53. The molecule has 1 N–H and O–H groups in total. The molecule has 23 heavy (non-hydrogen) atoms. The second-order valence-electron chi connectivity index (χ2n) is 7.24. The Kier molecular flexibility index (Phi) is 4.11. The fourth-order valence-corrected chi connectivity index (χ4v) is 3.23. The summed E-state index contributed by atoms with van der Waals surface area (Å²) in [5.41, 5.74) is -0.287. The van der Waals surface area contributed by atoms with Gasteiger partial charge in [0.2, 0.25) is 5.91 Å². The molecular weight excluding hydrogens is 294 g/mol. The van der Waals surface area contributed by atoms with E-state index in [2.05, 4.69) is 10.4 Å². The van der Waals surface area contributed by atoms with E-state index < -0.39 is 0 Å². The van der Waals surface area contributed by atoms with Crippen LogP contribution in [0.4, 0.5) is 0 Å². The molecule has 2 aliphatic carbocycles. The molecule has 6 heteroatoms. The first-order valence-corrected chi connectivity index (χ1v) is 8.73. The molecule has 1 amide bonds. The first-order chi connectivity index (χ1) is 11.3. The topological polar surface area (TPSA) is 65.4 Å². The molecule has 0 radical (unpaired) electrons. The molecule has 1 aromatic rings. The van der Waals surface area contributed by atoms with Crippen molar-refractivity contribution >= 4 is 5.91 Å². The summed E-state index contributed by atoms with van der Waals surface area (Å²) in [4.78, 5) is 12.8. The van der Waals surface area contributed by atoms with Gasteiger partial charge in [-0.2, -0.15) is 5.10 Å². The van der Waals surface area contributed by atoms with E-state index >= 15 is 0 Å². The maximum Gasteiger partial charge on any atom is 0.228 e. The second-order valence-corrected chi connectivity index (χ2v) is 7.24. The Morgan fingerprint density at radius 2 is 2.26 bits per heavy atom. The van der Waals surface area contributed by atoms with Gasteiger partial charge in [0.25, 0.3) is 0 Å². The Morgan fingerprint density at radius 1 is 1.39 bits per heavy atom. The Bertz CT molecular complexity index is 537. The van der Waals surface area contributed by atoms with Gasteiger partial charge in [0.15, 0.2) is 0 Å². The number of amides is 1. The van der Waals surface area contributed by atoms with Crippen molar-refractivity contribution < 1.29 is 14.3 Å². The number of carbonyl (C=O) groups is 1. The summed E-state index contributed by atoms with van der Waals surface area (Å²) in [6, 6.07) is 1.87. The number of carbonyl (C=O) groups excluding carboxylic acids is 1. The van der Waals surface area contributed by atoms with Crippen LogP contribution in [0.15, 0.2) is 18.5 Å². The third kappa shape index (κ3) is 3.58. The number of nitrogens with zero attached hydrogens (tertiary/aromatic N) is 2. The largest absolute Gasteiger partial charge is 0.379 e. The highest BCUT2D eigenvalue weighted by molar-refractivity contribution is 5.85. The zero-order chi connectivity index (χ0) is 15.7. The quantitative estimate of drug-likeness (QED) is 0.824. The number of hydrogen-bond acceptors (Lipinski definition) is 4. The fourth-order valence-electron chi connectivity index (χ4n) is 3.23. The van der Waals surface area contributed by atoms with E-state index in [9.17, 15) is 4.79 Å². The highest BCUT2D eigenvalue weighted by Gasteiger charge is 2.51. The molecule has 0 bridgehead atoms. The number of ether oxygens (including phenoxy) is 2. The van der Waals surface area contributed by atoms with Gasteiger partial charge in [-0.15, -0.1) is 0 Å². The second kappa shape index (κ2) is 6.24. The maximum atomic E-state index is 12.8. The Hall–Kier alpha value is -1.40. The van der Waals surface area contributed by atoms with Gasteiger partial charge in [0.05, 0.1) is 30.7 Å². The zero-order valence-corrected chi connectivity index (χ0v) is 13.4. The number of nitrogens with one attached hydrogen (secondary N) is 1. The molecule has 1 saturated heterocycles. The van der Waals surface area contributed by atoms with Gasteiger partial charge in [0.1, 0.15) is 0 Å². The molecule has 2 saturated carbocycles. The van der Waals surface area contributed by atoms with Crippen molar-refractivity contribution in [2.24, 2.45) is 11.3 Å². The summed E-state index contributed by atoms with van der Waals surface area (Å²) < 4.78 is 13.5. The van der Waals surface area contributed by atoms with E-state index in [1.807, 2.05) is 16.9 Å². The predicted octanol–water partition coefficient (Wildman–Crippen LogP) is 1.36. The van der Waals surface area contributed by atoms with Crippen LogP contribution in [0.1, 0.15) is 32.1 Å². The van der Waals surface area contributed by atoms with Gasteiger partial charge in [0, 0.05) is 25.6 Å². The monoisotopic (exact) mass is 319 g/mol. The van der Waals surface area contributed by atoms with Crippen molar-refractivity contribution in [3.63, 3.8) is 0 Å². The van der Waals surface area contributed by atoms with E-state index in [0.29, 0.717) is 13.2 Å². The molecule has 3 fully saturated rings. The van der Waals surface area contributed by atoms with Gasteiger partial charge >= 0.3 is 0 Å². The highest BCUT2D eigenvalue weighted by atomic mass is 16.5. The van der Waals surface area contributed by atoms with Crippen molar-refractivity contribution in [3.05, 3.63) is 18.5 Å². The molecule has 3 aliphatic rings. The summed E-state index contributed by atoms with van der Waals surface area (Å²) in [5, 5.41) is 7.43. The molecule has 1 aliphatic heterocycles. The number of hydrogen-bond donors (Lipinski definition) is 1. The maximum absolute atomic E-state index is 12.8. The first-order valence-electron chi connectivity index (χ1n) is 8.73. The minimum atomic E-state index is -0.287. The summed E-state index contributed by atoms with van der Waals surface area (Å²) in [7, 11) is 0. The summed E-state index contributed by atoms with van der Waals surface area (Å²) in [5.74, 6) is 0.868. The van der Waals surface area contributed by atoms with Crippen LogP contribution in [-0.2, 0) is 20.8 Å². The average Bonchev–Trinajstić information content (AvgIpc) is 3.47. The molecule has 6 nitrogen and oxygen atoms in total. The summed E-state index contributed by atoms with van der Waals surface area (Å²) >= 11 is 0. The molecule has 0 spiro atoms. The van der Waals surface area contributed by atoms with Gasteiger partial charge < -0.3 is 14.8 Å². The van der Waals surface area contributed by atoms with Crippen LogP contribution in [-0.4, -0.2) is 47.7 Å². The van der Waals surface area contributed by atoms with Crippen LogP contribution in [0.5, 0.6) is 0 Å². The lowest BCUT2D eigenvalue weighted by Gasteiger charge is -2.33. The van der Waals surface area contributed by atoms with E-state index in [-0.39, 0.29) is 23.5 Å². The van der Waals surface area contributed by atoms with Crippen molar-refractivity contribution in [3.8, 4) is 0 Å². The molecular formula is C17H25N3O3. The van der Waals surface area contributed by atoms with Crippen LogP contribution in [0.2, 0.25) is 0 Å². The lowest BCUT2D eigenvalue weighted by molar-refractivity contribution is -0.132.